The van der Waals surface area contributed by atoms with Crippen molar-refractivity contribution in [3.8, 4) is 11.1 Å². The van der Waals surface area contributed by atoms with Gasteiger partial charge in [-0.3, -0.25) is 0 Å². The van der Waals surface area contributed by atoms with E-state index in [1.165, 1.54) is 66.9 Å². The molecule has 0 saturated carbocycles. The van der Waals surface area contributed by atoms with Crippen LogP contribution in [0.4, 0.5) is 22.7 Å². The lowest BCUT2D eigenvalue weighted by Gasteiger charge is -2.40. The third kappa shape index (κ3) is 3.38. The number of para-hydroxylation sites is 3. The first-order valence-electron chi connectivity index (χ1n) is 15.3. The molecule has 202 valence electrons. The SMILES string of the molecule is CC1(C)c2ccccc2B(c2ccccc2)c2ccc(N3B4c5ccccc5-c5ccccc5N4c4ccccc43)cc21. The topological polar surface area (TPSA) is 6.48 Å². The number of anilines is 4. The van der Waals surface area contributed by atoms with E-state index in [9.17, 15) is 0 Å². The first kappa shape index (κ1) is 24.6. The zero-order valence-electron chi connectivity index (χ0n) is 24.4. The van der Waals surface area contributed by atoms with Crippen LogP contribution in [0.25, 0.3) is 11.1 Å². The Bertz CT molecular complexity index is 2050. The normalized spacial score (nSPS) is 15.2. The van der Waals surface area contributed by atoms with Gasteiger partial charge < -0.3 is 9.62 Å². The Hall–Kier alpha value is -4.95. The van der Waals surface area contributed by atoms with Crippen LogP contribution in [0, 0.1) is 0 Å². The molecule has 0 unspecified atom stereocenters. The molecule has 0 saturated heterocycles. The summed E-state index contributed by atoms with van der Waals surface area (Å²) in [5.74, 6) is 0. The van der Waals surface area contributed by atoms with Crippen LogP contribution in [-0.2, 0) is 5.41 Å². The van der Waals surface area contributed by atoms with Gasteiger partial charge in [0, 0.05) is 22.4 Å². The minimum absolute atomic E-state index is 0.0328. The Kier molecular flexibility index (Phi) is 5.17. The molecule has 0 atom stereocenters. The van der Waals surface area contributed by atoms with Crippen LogP contribution in [0.15, 0.2) is 146 Å². The Labute approximate surface area is 254 Å². The van der Waals surface area contributed by atoms with Crippen molar-refractivity contribution in [3.63, 3.8) is 0 Å². The van der Waals surface area contributed by atoms with E-state index < -0.39 is 0 Å². The fraction of sp³-hybridized carbons (Fsp3) is 0.0769. The van der Waals surface area contributed by atoms with E-state index in [0.29, 0.717) is 0 Å². The van der Waals surface area contributed by atoms with E-state index in [2.05, 4.69) is 169 Å². The molecule has 6 aromatic carbocycles. The molecule has 0 bridgehead atoms. The highest BCUT2D eigenvalue weighted by atomic mass is 15.3. The van der Waals surface area contributed by atoms with Crippen molar-refractivity contribution in [2.45, 2.75) is 19.3 Å². The van der Waals surface area contributed by atoms with Crippen LogP contribution >= 0.6 is 0 Å². The fourth-order valence-corrected chi connectivity index (χ4v) is 8.07. The molecule has 43 heavy (non-hydrogen) atoms. The van der Waals surface area contributed by atoms with Crippen LogP contribution in [-0.4, -0.2) is 13.7 Å². The molecule has 2 nitrogen and oxygen atoms in total. The van der Waals surface area contributed by atoms with Crippen molar-refractivity contribution in [2.75, 3.05) is 9.62 Å². The number of rotatable bonds is 2. The largest absolute Gasteiger partial charge is 0.421 e. The zero-order valence-corrected chi connectivity index (χ0v) is 24.4. The lowest BCUT2D eigenvalue weighted by atomic mass is 9.31. The van der Waals surface area contributed by atoms with Crippen LogP contribution in [0.2, 0.25) is 0 Å². The summed E-state index contributed by atoms with van der Waals surface area (Å²) in [6, 6.07) is 54.0. The summed E-state index contributed by atoms with van der Waals surface area (Å²) in [4.78, 5) is 5.11. The van der Waals surface area contributed by atoms with E-state index in [1.54, 1.807) is 0 Å². The summed E-state index contributed by atoms with van der Waals surface area (Å²) in [5, 5.41) is 0. The smallest absolute Gasteiger partial charge is 0.360 e. The predicted octanol–water partition coefficient (Wildman–Crippen LogP) is 6.51. The van der Waals surface area contributed by atoms with Gasteiger partial charge >= 0.3 is 6.98 Å². The zero-order chi connectivity index (χ0) is 28.7. The van der Waals surface area contributed by atoms with Gasteiger partial charge in [-0.25, -0.2) is 0 Å². The maximum absolute atomic E-state index is 2.57. The minimum Gasteiger partial charge on any atom is -0.360 e. The quantitative estimate of drug-likeness (QED) is 0.228. The number of hydrogen-bond donors (Lipinski definition) is 0. The fourth-order valence-electron chi connectivity index (χ4n) is 8.07. The van der Waals surface area contributed by atoms with Gasteiger partial charge in [-0.15, -0.1) is 0 Å². The van der Waals surface area contributed by atoms with Crippen molar-refractivity contribution in [3.05, 3.63) is 157 Å². The Morgan fingerprint density at radius 1 is 0.465 bits per heavy atom. The van der Waals surface area contributed by atoms with Crippen LogP contribution in [0.5, 0.6) is 0 Å². The summed E-state index contributed by atoms with van der Waals surface area (Å²) in [7, 11) is 0. The van der Waals surface area contributed by atoms with E-state index in [0.717, 1.165) is 0 Å². The Morgan fingerprint density at radius 3 is 1.84 bits per heavy atom. The van der Waals surface area contributed by atoms with Crippen molar-refractivity contribution < 1.29 is 0 Å². The van der Waals surface area contributed by atoms with E-state index >= 15 is 0 Å². The maximum atomic E-state index is 2.57. The van der Waals surface area contributed by atoms with Crippen molar-refractivity contribution >= 4 is 58.3 Å². The molecule has 0 radical (unpaired) electrons. The number of nitrogens with zero attached hydrogens (tertiary/aromatic N) is 2. The highest BCUT2D eigenvalue weighted by Gasteiger charge is 2.48. The summed E-state index contributed by atoms with van der Waals surface area (Å²) in [6.45, 7) is 5.03. The molecule has 0 spiro atoms. The molecule has 0 N–H and O–H groups in total. The minimum atomic E-state index is -0.136. The summed E-state index contributed by atoms with van der Waals surface area (Å²) >= 11 is 0. The molecular weight excluding hydrogens is 518 g/mol. The monoisotopic (exact) mass is 548 g/mol. The Morgan fingerprint density at radius 2 is 1.05 bits per heavy atom. The molecule has 3 aliphatic heterocycles. The van der Waals surface area contributed by atoms with Crippen LogP contribution in [0.3, 0.4) is 0 Å². The van der Waals surface area contributed by atoms with Crippen molar-refractivity contribution in [2.24, 2.45) is 0 Å². The van der Waals surface area contributed by atoms with Gasteiger partial charge in [0.2, 0.25) is 6.71 Å². The predicted molar refractivity (Wildman–Crippen MR) is 184 cm³/mol. The third-order valence-electron chi connectivity index (χ3n) is 9.96. The molecule has 0 fully saturated rings. The maximum Gasteiger partial charge on any atom is 0.421 e. The Balaban J connectivity index is 1.28. The lowest BCUT2D eigenvalue weighted by molar-refractivity contribution is 0.646. The molecule has 3 aliphatic rings. The van der Waals surface area contributed by atoms with Gasteiger partial charge in [-0.2, -0.15) is 0 Å². The number of fused-ring (bicyclic) bond motifs is 10. The van der Waals surface area contributed by atoms with E-state index in [4.69, 9.17) is 0 Å². The highest BCUT2D eigenvalue weighted by molar-refractivity contribution is 6.96. The number of hydrogen-bond acceptors (Lipinski definition) is 2. The molecule has 3 heterocycles. The second-order valence-corrected chi connectivity index (χ2v) is 12.5. The molecule has 0 aromatic heterocycles. The van der Waals surface area contributed by atoms with Crippen LogP contribution in [0.1, 0.15) is 25.0 Å². The summed E-state index contributed by atoms with van der Waals surface area (Å²) < 4.78 is 0. The van der Waals surface area contributed by atoms with Gasteiger partial charge in [0.1, 0.15) is 0 Å². The first-order chi connectivity index (χ1) is 21.1. The molecule has 0 amide bonds. The summed E-state index contributed by atoms with van der Waals surface area (Å²) in [6.07, 6.45) is 0. The van der Waals surface area contributed by atoms with Gasteiger partial charge in [0.25, 0.3) is 0 Å². The second-order valence-electron chi connectivity index (χ2n) is 12.5. The van der Waals surface area contributed by atoms with Gasteiger partial charge in [-0.05, 0) is 52.5 Å². The second kappa shape index (κ2) is 9.02. The average Bonchev–Trinajstić information content (AvgIpc) is 3.41. The van der Waals surface area contributed by atoms with Gasteiger partial charge in [-0.1, -0.05) is 145 Å². The third-order valence-corrected chi connectivity index (χ3v) is 9.96. The van der Waals surface area contributed by atoms with Crippen LogP contribution < -0.4 is 31.5 Å². The van der Waals surface area contributed by atoms with Crippen molar-refractivity contribution in [1.29, 1.82) is 0 Å². The molecule has 4 heteroatoms. The average molecular weight is 548 g/mol. The summed E-state index contributed by atoms with van der Waals surface area (Å²) in [5.41, 5.74) is 15.8. The number of benzene rings is 6. The van der Waals surface area contributed by atoms with Gasteiger partial charge in [0.05, 0.1) is 11.4 Å². The van der Waals surface area contributed by atoms with E-state index in [-0.39, 0.29) is 19.1 Å². The molecular formula is C39H30B2N2. The molecule has 9 rings (SSSR count). The lowest BCUT2D eigenvalue weighted by Crippen LogP contribution is -2.60. The van der Waals surface area contributed by atoms with Gasteiger partial charge in [0.15, 0.2) is 0 Å². The molecule has 0 aliphatic carbocycles. The molecule has 6 aromatic rings. The standard InChI is InChI=1S/C39H30B2N2/c1-39(2)31-18-8-10-20-34(31)40(27-14-4-3-5-15-27)35-25-24-28(26-32(35)39)42-37-22-12-13-23-38(37)43-36-21-11-7-17-30(36)29-16-6-9-19-33(29)41(42)43/h3-26H,1-2H3. The van der Waals surface area contributed by atoms with Crippen molar-refractivity contribution in [1.82, 2.24) is 0 Å². The van der Waals surface area contributed by atoms with E-state index in [1.807, 2.05) is 0 Å². The highest BCUT2D eigenvalue weighted by Crippen LogP contribution is 2.51. The first-order valence-corrected chi connectivity index (χ1v) is 15.3.